The van der Waals surface area contributed by atoms with Crippen LogP contribution < -0.4 is 21.3 Å². The summed E-state index contributed by atoms with van der Waals surface area (Å²) in [5.41, 5.74) is -0.859. The molecule has 198 valence electrons. The van der Waals surface area contributed by atoms with Crippen molar-refractivity contribution in [3.05, 3.63) is 0 Å². The van der Waals surface area contributed by atoms with Crippen molar-refractivity contribution >= 4 is 29.4 Å². The Morgan fingerprint density at radius 3 is 2.29 bits per heavy atom. The van der Waals surface area contributed by atoms with Crippen LogP contribution in [0, 0.1) is 11.8 Å². The van der Waals surface area contributed by atoms with E-state index in [0.717, 1.165) is 0 Å². The molecule has 1 aliphatic heterocycles. The molecule has 5 N–H and O–H groups in total. The average Bonchev–Trinajstić information content (AvgIpc) is 3.42. The number of halogens is 3. The fourth-order valence-electron chi connectivity index (χ4n) is 3.65. The lowest BCUT2D eigenvalue weighted by atomic mass is 9.95. The maximum Gasteiger partial charge on any atom is 0.522 e. The smallest absolute Gasteiger partial charge is 0.394 e. The highest BCUT2D eigenvalue weighted by Crippen LogP contribution is 2.34. The highest BCUT2D eigenvalue weighted by Gasteiger charge is 2.45. The van der Waals surface area contributed by atoms with Gasteiger partial charge in [0.25, 0.3) is 0 Å². The average molecular weight is 508 g/mol. The number of ether oxygens (including phenoxy) is 1. The van der Waals surface area contributed by atoms with Crippen LogP contribution in [-0.2, 0) is 28.7 Å². The Kier molecular flexibility index (Phi) is 9.60. The number of hydrogen-bond acceptors (Lipinski definition) is 7. The molecule has 2 fully saturated rings. The van der Waals surface area contributed by atoms with Crippen molar-refractivity contribution in [1.82, 2.24) is 21.3 Å². The lowest BCUT2D eigenvalue weighted by molar-refractivity contribution is -0.321. The zero-order chi connectivity index (χ0) is 26.4. The van der Waals surface area contributed by atoms with Gasteiger partial charge in [0.05, 0.1) is 18.2 Å². The van der Waals surface area contributed by atoms with Crippen molar-refractivity contribution in [3.63, 3.8) is 0 Å². The molecule has 2 rings (SSSR count). The summed E-state index contributed by atoms with van der Waals surface area (Å²) in [6, 6.07) is -2.77. The monoisotopic (exact) mass is 508 g/mol. The predicted octanol–water partition coefficient (Wildman–Crippen LogP) is -0.725. The Labute approximate surface area is 199 Å². The SMILES string of the molecule is CC(C)C[C@H](NC(=O)C(=O)NC1(CO)CC1)C(=O)N[C@@H](C[C@@H]1CCNC1=O)C(=O)COC(F)(F)F. The van der Waals surface area contributed by atoms with E-state index in [1.165, 1.54) is 0 Å². The Morgan fingerprint density at radius 2 is 1.80 bits per heavy atom. The molecule has 0 radical (unpaired) electrons. The number of carbonyl (C=O) groups excluding carboxylic acids is 5. The van der Waals surface area contributed by atoms with E-state index >= 15 is 0 Å². The number of aliphatic hydroxyl groups is 1. The number of hydrogen-bond donors (Lipinski definition) is 5. The number of ketones is 1. The minimum absolute atomic E-state index is 0.0554. The number of rotatable bonds is 12. The zero-order valence-electron chi connectivity index (χ0n) is 19.5. The summed E-state index contributed by atoms with van der Waals surface area (Å²) in [5, 5.41) is 18.9. The van der Waals surface area contributed by atoms with Crippen LogP contribution in [0.1, 0.15) is 46.0 Å². The van der Waals surface area contributed by atoms with Crippen LogP contribution in [0.3, 0.4) is 0 Å². The van der Waals surface area contributed by atoms with Gasteiger partial charge < -0.3 is 26.4 Å². The Bertz CT molecular complexity index is 830. The molecule has 1 saturated heterocycles. The fourth-order valence-corrected chi connectivity index (χ4v) is 3.65. The van der Waals surface area contributed by atoms with Crippen LogP contribution in [0.2, 0.25) is 0 Å². The first-order valence-corrected chi connectivity index (χ1v) is 11.3. The van der Waals surface area contributed by atoms with Gasteiger partial charge in [0, 0.05) is 12.5 Å². The number of amides is 4. The molecule has 0 spiro atoms. The minimum atomic E-state index is -5.07. The summed E-state index contributed by atoms with van der Waals surface area (Å²) in [7, 11) is 0. The summed E-state index contributed by atoms with van der Waals surface area (Å²) in [6.07, 6.45) is -3.94. The van der Waals surface area contributed by atoms with Crippen molar-refractivity contribution in [2.24, 2.45) is 11.8 Å². The number of carbonyl (C=O) groups is 5. The van der Waals surface area contributed by atoms with E-state index in [1.54, 1.807) is 13.8 Å². The summed E-state index contributed by atoms with van der Waals surface area (Å²) in [4.78, 5) is 61.9. The Hall–Kier alpha value is -2.74. The maximum atomic E-state index is 12.9. The molecule has 0 aromatic heterocycles. The quantitative estimate of drug-likeness (QED) is 0.217. The normalized spacial score (nSPS) is 20.5. The number of alkyl halides is 3. The molecule has 0 aromatic rings. The molecule has 3 atom stereocenters. The van der Waals surface area contributed by atoms with Gasteiger partial charge in [-0.15, -0.1) is 13.2 Å². The van der Waals surface area contributed by atoms with E-state index in [1.807, 2.05) is 0 Å². The number of Topliss-reactive ketones (excluding diaryl/α,β-unsaturated/α-hetero) is 1. The third kappa shape index (κ3) is 9.09. The molecule has 1 saturated carbocycles. The molecule has 2 aliphatic rings. The molecule has 14 heteroatoms. The molecule has 4 amide bonds. The van der Waals surface area contributed by atoms with Crippen LogP contribution in [0.5, 0.6) is 0 Å². The van der Waals surface area contributed by atoms with Crippen LogP contribution in [0.25, 0.3) is 0 Å². The van der Waals surface area contributed by atoms with Gasteiger partial charge in [-0.1, -0.05) is 13.8 Å². The summed E-state index contributed by atoms with van der Waals surface area (Å²) in [5.74, 6) is -5.42. The van der Waals surface area contributed by atoms with E-state index in [-0.39, 0.29) is 25.4 Å². The molecule has 11 nitrogen and oxygen atoms in total. The molecule has 0 aromatic carbocycles. The molecule has 1 aliphatic carbocycles. The number of aliphatic hydroxyl groups excluding tert-OH is 1. The Morgan fingerprint density at radius 1 is 1.14 bits per heavy atom. The third-order valence-corrected chi connectivity index (χ3v) is 5.84. The summed E-state index contributed by atoms with van der Waals surface area (Å²) >= 11 is 0. The van der Waals surface area contributed by atoms with Gasteiger partial charge in [-0.25, -0.2) is 0 Å². The largest absolute Gasteiger partial charge is 0.522 e. The second-order valence-electron chi connectivity index (χ2n) is 9.32. The first kappa shape index (κ1) is 28.5. The van der Waals surface area contributed by atoms with Crippen molar-refractivity contribution in [1.29, 1.82) is 0 Å². The molecular weight excluding hydrogens is 477 g/mol. The second-order valence-corrected chi connectivity index (χ2v) is 9.32. The van der Waals surface area contributed by atoms with Crippen molar-refractivity contribution < 1.29 is 47.0 Å². The van der Waals surface area contributed by atoms with Crippen LogP contribution in [0.4, 0.5) is 13.2 Å². The van der Waals surface area contributed by atoms with Gasteiger partial charge in [0.1, 0.15) is 12.6 Å². The second kappa shape index (κ2) is 11.8. The molecule has 0 bridgehead atoms. The van der Waals surface area contributed by atoms with Crippen LogP contribution >= 0.6 is 0 Å². The van der Waals surface area contributed by atoms with Crippen LogP contribution in [0.15, 0.2) is 0 Å². The lowest BCUT2D eigenvalue weighted by Crippen LogP contribution is -2.56. The molecule has 35 heavy (non-hydrogen) atoms. The van der Waals surface area contributed by atoms with E-state index in [2.05, 4.69) is 26.0 Å². The first-order chi connectivity index (χ1) is 16.2. The van der Waals surface area contributed by atoms with Gasteiger partial charge in [-0.2, -0.15) is 0 Å². The molecule has 0 unspecified atom stereocenters. The minimum Gasteiger partial charge on any atom is -0.394 e. The van der Waals surface area contributed by atoms with Gasteiger partial charge >= 0.3 is 18.2 Å². The summed E-state index contributed by atoms with van der Waals surface area (Å²) in [6.45, 7) is 2.09. The van der Waals surface area contributed by atoms with Gasteiger partial charge in [-0.05, 0) is 38.0 Å². The third-order valence-electron chi connectivity index (χ3n) is 5.84. The van der Waals surface area contributed by atoms with E-state index in [4.69, 9.17) is 0 Å². The van der Waals surface area contributed by atoms with Gasteiger partial charge in [-0.3, -0.25) is 28.7 Å². The topological polar surface area (TPSA) is 163 Å². The van der Waals surface area contributed by atoms with Gasteiger partial charge in [0.15, 0.2) is 5.78 Å². The van der Waals surface area contributed by atoms with Crippen molar-refractivity contribution in [2.75, 3.05) is 19.8 Å². The first-order valence-electron chi connectivity index (χ1n) is 11.3. The fraction of sp³-hybridized carbons (Fsp3) is 0.762. The Balaban J connectivity index is 2.09. The van der Waals surface area contributed by atoms with E-state index < -0.39 is 65.9 Å². The van der Waals surface area contributed by atoms with Crippen molar-refractivity contribution in [2.45, 2.75) is 69.9 Å². The van der Waals surface area contributed by atoms with E-state index in [0.29, 0.717) is 25.8 Å². The maximum absolute atomic E-state index is 12.9. The number of nitrogens with one attached hydrogen (secondary N) is 4. The van der Waals surface area contributed by atoms with E-state index in [9.17, 15) is 42.3 Å². The molecular formula is C21H31F3N4O7. The highest BCUT2D eigenvalue weighted by atomic mass is 19.4. The standard InChI is InChI=1S/C21H31F3N4O7/c1-11(2)7-14(27-18(33)19(34)28-20(10-29)4-5-20)17(32)26-13(8-12-3-6-25-16(12)31)15(30)9-35-21(22,23)24/h11-14,29H,3-10H2,1-2H3,(H,25,31)(H,26,32)(H,27,33)(H,28,34)/t12-,13-,14-/m0/s1. The zero-order valence-corrected chi connectivity index (χ0v) is 19.5. The van der Waals surface area contributed by atoms with Gasteiger partial charge in [0.2, 0.25) is 11.8 Å². The van der Waals surface area contributed by atoms with Crippen molar-refractivity contribution in [3.8, 4) is 0 Å². The highest BCUT2D eigenvalue weighted by molar-refractivity contribution is 6.35. The lowest BCUT2D eigenvalue weighted by Gasteiger charge is -2.25. The summed E-state index contributed by atoms with van der Waals surface area (Å²) < 4.78 is 40.8. The predicted molar refractivity (Wildman–Crippen MR) is 113 cm³/mol. The molecule has 1 heterocycles. The van der Waals surface area contributed by atoms with Crippen LogP contribution in [-0.4, -0.2) is 78.3 Å².